The Morgan fingerprint density at radius 2 is 1.97 bits per heavy atom. The first-order valence-corrected chi connectivity index (χ1v) is 10.9. The van der Waals surface area contributed by atoms with Crippen LogP contribution in [0.3, 0.4) is 0 Å². The highest BCUT2D eigenvalue weighted by Gasteiger charge is 2.26. The Balaban J connectivity index is 1.24. The minimum Gasteiger partial charge on any atom is -0.484 e. The summed E-state index contributed by atoms with van der Waals surface area (Å²) >= 11 is 0. The molecule has 7 heteroatoms. The highest BCUT2D eigenvalue weighted by molar-refractivity contribution is 5.83. The van der Waals surface area contributed by atoms with Crippen LogP contribution in [0.4, 0.5) is 0 Å². The van der Waals surface area contributed by atoms with E-state index in [1.54, 1.807) is 6.20 Å². The lowest BCUT2D eigenvalue weighted by atomic mass is 9.96. The number of piperidine rings is 1. The topological polar surface area (TPSA) is 83.9 Å². The van der Waals surface area contributed by atoms with Crippen LogP contribution in [0.1, 0.15) is 43.9 Å². The number of pyridine rings is 1. The molecule has 1 amide bonds. The van der Waals surface area contributed by atoms with Crippen molar-refractivity contribution in [2.75, 3.05) is 26.2 Å². The first kappa shape index (κ1) is 21.6. The Morgan fingerprint density at radius 3 is 2.68 bits per heavy atom. The van der Waals surface area contributed by atoms with Crippen molar-refractivity contribution in [3.05, 3.63) is 53.7 Å². The van der Waals surface area contributed by atoms with Crippen LogP contribution in [-0.4, -0.2) is 52.7 Å². The number of aliphatic hydroxyl groups is 1. The van der Waals surface area contributed by atoms with E-state index in [1.807, 2.05) is 12.1 Å². The molecule has 2 aliphatic rings. The molecule has 1 atom stereocenters. The van der Waals surface area contributed by atoms with Crippen LogP contribution < -0.4 is 14.8 Å². The summed E-state index contributed by atoms with van der Waals surface area (Å²) in [6, 6.07) is 12.2. The number of hydrogen-bond donors (Lipinski definition) is 2. The second-order valence-electron chi connectivity index (χ2n) is 8.95. The van der Waals surface area contributed by atoms with Gasteiger partial charge in [0.2, 0.25) is 0 Å². The fourth-order valence-electron chi connectivity index (χ4n) is 3.97. The number of ether oxygens (including phenoxy) is 2. The number of carbonyl (C=O) groups excluding carboxylic acids is 1. The van der Waals surface area contributed by atoms with Crippen molar-refractivity contribution in [3.63, 3.8) is 0 Å². The SMILES string of the molecule is CC(C)(O)C(=O)NCC1CCN(Cc2ccc(C3COc4cccnc4O3)cc2)CC1. The molecule has 0 aliphatic carbocycles. The zero-order valence-corrected chi connectivity index (χ0v) is 18.2. The Bertz CT molecular complexity index is 886. The van der Waals surface area contributed by atoms with E-state index < -0.39 is 5.60 Å². The van der Waals surface area contributed by atoms with E-state index in [2.05, 4.69) is 39.5 Å². The van der Waals surface area contributed by atoms with Gasteiger partial charge in [-0.2, -0.15) is 0 Å². The minimum absolute atomic E-state index is 0.147. The maximum absolute atomic E-state index is 11.8. The maximum atomic E-state index is 11.8. The molecular weight excluding hydrogens is 394 g/mol. The number of likely N-dealkylation sites (tertiary alicyclic amines) is 1. The van der Waals surface area contributed by atoms with Crippen molar-refractivity contribution in [2.45, 2.75) is 44.9 Å². The van der Waals surface area contributed by atoms with Crippen LogP contribution in [0.2, 0.25) is 0 Å². The summed E-state index contributed by atoms with van der Waals surface area (Å²) < 4.78 is 11.8. The number of carbonyl (C=O) groups is 1. The second-order valence-corrected chi connectivity index (χ2v) is 8.95. The van der Waals surface area contributed by atoms with Crippen LogP contribution in [-0.2, 0) is 11.3 Å². The summed E-state index contributed by atoms with van der Waals surface area (Å²) in [5, 5.41) is 12.6. The van der Waals surface area contributed by atoms with E-state index in [0.717, 1.165) is 38.0 Å². The predicted octanol–water partition coefficient (Wildman–Crippen LogP) is 2.69. The van der Waals surface area contributed by atoms with E-state index in [0.29, 0.717) is 30.7 Å². The standard InChI is InChI=1S/C24H31N3O4/c1-24(2,29)23(28)26-14-17-9-12-27(13-10-17)15-18-5-7-19(8-6-18)21-16-30-20-4-3-11-25-22(20)31-21/h3-8,11,17,21,29H,9-10,12-16H2,1-2H3,(H,26,28). The van der Waals surface area contributed by atoms with Gasteiger partial charge >= 0.3 is 0 Å². The second kappa shape index (κ2) is 9.24. The third-order valence-corrected chi connectivity index (χ3v) is 5.95. The van der Waals surface area contributed by atoms with Crippen LogP contribution in [0.25, 0.3) is 0 Å². The zero-order valence-electron chi connectivity index (χ0n) is 18.2. The highest BCUT2D eigenvalue weighted by Crippen LogP contribution is 2.34. The van der Waals surface area contributed by atoms with Crippen LogP contribution >= 0.6 is 0 Å². The summed E-state index contributed by atoms with van der Waals surface area (Å²) in [4.78, 5) is 18.5. The number of amides is 1. The van der Waals surface area contributed by atoms with Gasteiger partial charge in [0.15, 0.2) is 11.9 Å². The number of fused-ring (bicyclic) bond motifs is 1. The monoisotopic (exact) mass is 425 g/mol. The molecule has 1 aromatic carbocycles. The summed E-state index contributed by atoms with van der Waals surface area (Å²) in [7, 11) is 0. The lowest BCUT2D eigenvalue weighted by molar-refractivity contribution is -0.136. The minimum atomic E-state index is -1.32. The Hall–Kier alpha value is -2.64. The normalized spacial score (nSPS) is 19.8. The predicted molar refractivity (Wildman–Crippen MR) is 117 cm³/mol. The number of benzene rings is 1. The molecule has 2 N–H and O–H groups in total. The molecule has 0 radical (unpaired) electrons. The molecule has 1 fully saturated rings. The van der Waals surface area contributed by atoms with Crippen LogP contribution in [0.15, 0.2) is 42.6 Å². The maximum Gasteiger partial charge on any atom is 0.257 e. The highest BCUT2D eigenvalue weighted by atomic mass is 16.6. The van der Waals surface area contributed by atoms with Gasteiger partial charge in [-0.1, -0.05) is 24.3 Å². The van der Waals surface area contributed by atoms with Gasteiger partial charge in [0, 0.05) is 19.3 Å². The van der Waals surface area contributed by atoms with Crippen molar-refractivity contribution in [3.8, 4) is 11.6 Å². The molecule has 0 spiro atoms. The van der Waals surface area contributed by atoms with Gasteiger partial charge in [0.1, 0.15) is 12.2 Å². The zero-order chi connectivity index (χ0) is 21.8. The van der Waals surface area contributed by atoms with E-state index in [9.17, 15) is 9.90 Å². The van der Waals surface area contributed by atoms with Gasteiger partial charge in [-0.3, -0.25) is 9.69 Å². The first-order chi connectivity index (χ1) is 14.9. The quantitative estimate of drug-likeness (QED) is 0.740. The number of aromatic nitrogens is 1. The summed E-state index contributed by atoms with van der Waals surface area (Å²) in [6.45, 7) is 7.07. The van der Waals surface area contributed by atoms with Crippen LogP contribution in [0.5, 0.6) is 11.6 Å². The molecule has 166 valence electrons. The lowest BCUT2D eigenvalue weighted by Crippen LogP contribution is -2.45. The largest absolute Gasteiger partial charge is 0.484 e. The summed E-state index contributed by atoms with van der Waals surface area (Å²) in [5.41, 5.74) is 1.04. The molecule has 1 aromatic heterocycles. The van der Waals surface area contributed by atoms with Gasteiger partial charge in [-0.05, 0) is 69.0 Å². The number of rotatable bonds is 6. The molecule has 31 heavy (non-hydrogen) atoms. The molecule has 4 rings (SSSR count). The summed E-state index contributed by atoms with van der Waals surface area (Å²) in [5.74, 6) is 1.40. The lowest BCUT2D eigenvalue weighted by Gasteiger charge is -2.32. The van der Waals surface area contributed by atoms with Crippen molar-refractivity contribution in [1.82, 2.24) is 15.2 Å². The van der Waals surface area contributed by atoms with Gasteiger partial charge < -0.3 is 19.9 Å². The average Bonchev–Trinajstić information content (AvgIpc) is 2.78. The van der Waals surface area contributed by atoms with Crippen molar-refractivity contribution in [2.24, 2.45) is 5.92 Å². The van der Waals surface area contributed by atoms with E-state index in [4.69, 9.17) is 9.47 Å². The Kier molecular flexibility index (Phi) is 6.43. The van der Waals surface area contributed by atoms with Crippen molar-refractivity contribution < 1.29 is 19.4 Å². The van der Waals surface area contributed by atoms with E-state index in [-0.39, 0.29) is 12.0 Å². The van der Waals surface area contributed by atoms with Crippen molar-refractivity contribution >= 4 is 5.91 Å². The van der Waals surface area contributed by atoms with Gasteiger partial charge in [-0.25, -0.2) is 4.98 Å². The first-order valence-electron chi connectivity index (χ1n) is 10.9. The molecule has 0 bridgehead atoms. The molecule has 0 saturated carbocycles. The van der Waals surface area contributed by atoms with Crippen LogP contribution in [0, 0.1) is 5.92 Å². The third kappa shape index (κ3) is 5.54. The van der Waals surface area contributed by atoms with E-state index >= 15 is 0 Å². The fourth-order valence-corrected chi connectivity index (χ4v) is 3.97. The molecule has 7 nitrogen and oxygen atoms in total. The molecule has 2 aromatic rings. The Morgan fingerprint density at radius 1 is 1.23 bits per heavy atom. The molecule has 1 saturated heterocycles. The summed E-state index contributed by atoms with van der Waals surface area (Å²) in [6.07, 6.45) is 3.65. The molecule has 1 unspecified atom stereocenters. The molecular formula is C24H31N3O4. The Labute approximate surface area is 183 Å². The fraction of sp³-hybridized carbons (Fsp3) is 0.500. The van der Waals surface area contributed by atoms with Gasteiger partial charge in [0.25, 0.3) is 11.8 Å². The number of hydrogen-bond acceptors (Lipinski definition) is 6. The van der Waals surface area contributed by atoms with E-state index in [1.165, 1.54) is 19.4 Å². The smallest absolute Gasteiger partial charge is 0.257 e. The third-order valence-electron chi connectivity index (χ3n) is 5.95. The van der Waals surface area contributed by atoms with Gasteiger partial charge in [0.05, 0.1) is 0 Å². The molecule has 3 heterocycles. The average molecular weight is 426 g/mol. The molecule has 2 aliphatic heterocycles. The van der Waals surface area contributed by atoms with Crippen molar-refractivity contribution in [1.29, 1.82) is 0 Å². The number of nitrogens with zero attached hydrogens (tertiary/aromatic N) is 2. The van der Waals surface area contributed by atoms with Gasteiger partial charge in [-0.15, -0.1) is 0 Å². The number of nitrogens with one attached hydrogen (secondary N) is 1.